The van der Waals surface area contributed by atoms with E-state index in [1.807, 2.05) is 36.4 Å². The largest absolute Gasteiger partial charge is 0.487 e. The molecule has 0 saturated carbocycles. The molecule has 0 amide bonds. The van der Waals surface area contributed by atoms with Gasteiger partial charge >= 0.3 is 0 Å². The van der Waals surface area contributed by atoms with Crippen molar-refractivity contribution in [2.24, 2.45) is 0 Å². The normalized spacial score (nSPS) is 11.4. The Morgan fingerprint density at radius 3 is 2.73 bits per heavy atom. The van der Waals surface area contributed by atoms with Crippen molar-refractivity contribution < 1.29 is 13.2 Å². The van der Waals surface area contributed by atoms with Crippen LogP contribution < -0.4 is 9.46 Å². The van der Waals surface area contributed by atoms with Crippen molar-refractivity contribution >= 4 is 38.2 Å². The fourth-order valence-corrected chi connectivity index (χ4v) is 3.88. The average molecular weight is 391 g/mol. The molecular formula is C19H19ClN2O3S. The molecule has 0 saturated heterocycles. The summed E-state index contributed by atoms with van der Waals surface area (Å²) in [5.41, 5.74) is 2.18. The minimum Gasteiger partial charge on any atom is -0.487 e. The molecule has 0 unspecified atom stereocenters. The zero-order valence-electron chi connectivity index (χ0n) is 14.1. The first-order chi connectivity index (χ1) is 12.6. The molecule has 0 aliphatic rings. The molecule has 0 aliphatic heterocycles. The van der Waals surface area contributed by atoms with Gasteiger partial charge in [-0.1, -0.05) is 30.3 Å². The van der Waals surface area contributed by atoms with E-state index in [1.54, 1.807) is 24.3 Å². The Bertz CT molecular complexity index is 993. The highest BCUT2D eigenvalue weighted by Crippen LogP contribution is 2.20. The minimum absolute atomic E-state index is 0.0113. The van der Waals surface area contributed by atoms with Crippen LogP contribution in [0.1, 0.15) is 12.1 Å². The number of halogens is 1. The van der Waals surface area contributed by atoms with Gasteiger partial charge in [-0.2, -0.15) is 0 Å². The molecular weight excluding hydrogens is 372 g/mol. The number of pyridine rings is 1. The third-order valence-corrected chi connectivity index (χ3v) is 5.34. The van der Waals surface area contributed by atoms with E-state index >= 15 is 0 Å². The minimum atomic E-state index is -3.41. The summed E-state index contributed by atoms with van der Waals surface area (Å²) in [7, 11) is -3.41. The lowest BCUT2D eigenvalue weighted by Gasteiger charge is -2.10. The Labute approximate surface area is 158 Å². The van der Waals surface area contributed by atoms with Crippen molar-refractivity contribution in [1.29, 1.82) is 0 Å². The summed E-state index contributed by atoms with van der Waals surface area (Å²) in [5, 5.41) is 1.07. The van der Waals surface area contributed by atoms with Crippen molar-refractivity contribution in [3.05, 3.63) is 66.4 Å². The SMILES string of the molecule is O=S(=O)(CCCCl)Nc1cccc(OCc2ccc3ccccc3n2)c1. The van der Waals surface area contributed by atoms with Crippen LogP contribution in [0.25, 0.3) is 10.9 Å². The molecule has 0 atom stereocenters. The van der Waals surface area contributed by atoms with E-state index in [1.165, 1.54) is 0 Å². The predicted octanol–water partition coefficient (Wildman–Crippen LogP) is 4.18. The zero-order chi connectivity index (χ0) is 18.4. The van der Waals surface area contributed by atoms with Gasteiger partial charge in [0.25, 0.3) is 0 Å². The highest BCUT2D eigenvalue weighted by atomic mass is 35.5. The number of ether oxygens (including phenoxy) is 1. The van der Waals surface area contributed by atoms with Gasteiger partial charge in [-0.05, 0) is 30.7 Å². The molecule has 0 radical (unpaired) electrons. The standard InChI is InChI=1S/C19H19ClN2O3S/c20-11-4-12-26(23,24)22-16-6-3-7-18(13-16)25-14-17-10-9-15-5-1-2-8-19(15)21-17/h1-3,5-10,13,22H,4,11-12,14H2. The highest BCUT2D eigenvalue weighted by Gasteiger charge is 2.10. The van der Waals surface area contributed by atoms with Crippen molar-refractivity contribution in [2.45, 2.75) is 13.0 Å². The number of anilines is 1. The van der Waals surface area contributed by atoms with Crippen LogP contribution in [0.4, 0.5) is 5.69 Å². The number of hydrogen-bond acceptors (Lipinski definition) is 4. The summed E-state index contributed by atoms with van der Waals surface area (Å²) in [6.07, 6.45) is 0.403. The van der Waals surface area contributed by atoms with Gasteiger partial charge in [-0.15, -0.1) is 11.6 Å². The van der Waals surface area contributed by atoms with Crippen molar-refractivity contribution in [3.8, 4) is 5.75 Å². The number of alkyl halides is 1. The smallest absolute Gasteiger partial charge is 0.232 e. The van der Waals surface area contributed by atoms with Crippen molar-refractivity contribution in [2.75, 3.05) is 16.4 Å². The van der Waals surface area contributed by atoms with E-state index in [-0.39, 0.29) is 5.75 Å². The molecule has 0 bridgehead atoms. The molecule has 3 aromatic rings. The third kappa shape index (κ3) is 5.09. The lowest BCUT2D eigenvalue weighted by atomic mass is 10.2. The molecule has 0 fully saturated rings. The Morgan fingerprint density at radius 1 is 1.04 bits per heavy atom. The van der Waals surface area contributed by atoms with Crippen molar-refractivity contribution in [1.82, 2.24) is 4.98 Å². The average Bonchev–Trinajstić information content (AvgIpc) is 2.64. The molecule has 7 heteroatoms. The second kappa shape index (κ2) is 8.38. The Kier molecular flexibility index (Phi) is 5.96. The second-order valence-corrected chi connectivity index (χ2v) is 8.00. The molecule has 136 valence electrons. The number of benzene rings is 2. The van der Waals surface area contributed by atoms with Crippen LogP contribution in [0.3, 0.4) is 0 Å². The number of nitrogens with zero attached hydrogens (tertiary/aromatic N) is 1. The van der Waals surface area contributed by atoms with Gasteiger partial charge < -0.3 is 4.74 Å². The van der Waals surface area contributed by atoms with Crippen LogP contribution in [-0.4, -0.2) is 25.0 Å². The van der Waals surface area contributed by atoms with Gasteiger partial charge in [0.15, 0.2) is 0 Å². The molecule has 0 aliphatic carbocycles. The number of nitrogens with one attached hydrogen (secondary N) is 1. The number of rotatable bonds is 8. The Balaban J connectivity index is 1.66. The number of aromatic nitrogens is 1. The van der Waals surface area contributed by atoms with E-state index in [4.69, 9.17) is 16.3 Å². The highest BCUT2D eigenvalue weighted by molar-refractivity contribution is 7.92. The zero-order valence-corrected chi connectivity index (χ0v) is 15.6. The molecule has 2 aromatic carbocycles. The summed E-state index contributed by atoms with van der Waals surface area (Å²) >= 11 is 5.55. The van der Waals surface area contributed by atoms with E-state index in [2.05, 4.69) is 9.71 Å². The number of fused-ring (bicyclic) bond motifs is 1. The maximum atomic E-state index is 12.0. The quantitative estimate of drug-likeness (QED) is 0.586. The second-order valence-electron chi connectivity index (χ2n) is 5.78. The molecule has 0 spiro atoms. The van der Waals surface area contributed by atoms with Gasteiger partial charge in [0.05, 0.1) is 22.7 Å². The Hall–Kier alpha value is -2.31. The molecule has 3 rings (SSSR count). The third-order valence-electron chi connectivity index (χ3n) is 3.70. The van der Waals surface area contributed by atoms with Gasteiger partial charge in [-0.25, -0.2) is 13.4 Å². The summed E-state index contributed by atoms with van der Waals surface area (Å²) in [6.45, 7) is 0.299. The molecule has 26 heavy (non-hydrogen) atoms. The fourth-order valence-electron chi connectivity index (χ4n) is 2.47. The first-order valence-corrected chi connectivity index (χ1v) is 10.4. The monoisotopic (exact) mass is 390 g/mol. The van der Waals surface area contributed by atoms with Gasteiger partial charge in [0.1, 0.15) is 12.4 Å². The first-order valence-electron chi connectivity index (χ1n) is 8.20. The maximum Gasteiger partial charge on any atom is 0.232 e. The van der Waals surface area contributed by atoms with Crippen LogP contribution in [0, 0.1) is 0 Å². The maximum absolute atomic E-state index is 12.0. The van der Waals surface area contributed by atoms with Gasteiger partial charge in [0, 0.05) is 17.3 Å². The van der Waals surface area contributed by atoms with Gasteiger partial charge in [0.2, 0.25) is 10.0 Å². The first kappa shape index (κ1) is 18.5. The summed E-state index contributed by atoms with van der Waals surface area (Å²) < 4.78 is 32.2. The van der Waals surface area contributed by atoms with E-state index in [0.29, 0.717) is 30.3 Å². The van der Waals surface area contributed by atoms with E-state index in [0.717, 1.165) is 16.6 Å². The molecule has 1 aromatic heterocycles. The number of para-hydroxylation sites is 1. The van der Waals surface area contributed by atoms with Crippen molar-refractivity contribution in [3.63, 3.8) is 0 Å². The fraction of sp³-hybridized carbons (Fsp3) is 0.211. The van der Waals surface area contributed by atoms with E-state index < -0.39 is 10.0 Å². The van der Waals surface area contributed by atoms with Crippen LogP contribution >= 0.6 is 11.6 Å². The van der Waals surface area contributed by atoms with Crippen LogP contribution in [0.15, 0.2) is 60.7 Å². The van der Waals surface area contributed by atoms with Crippen LogP contribution in [-0.2, 0) is 16.6 Å². The predicted molar refractivity (Wildman–Crippen MR) is 105 cm³/mol. The lowest BCUT2D eigenvalue weighted by Crippen LogP contribution is -2.17. The van der Waals surface area contributed by atoms with Crippen LogP contribution in [0.2, 0.25) is 0 Å². The Morgan fingerprint density at radius 2 is 1.88 bits per heavy atom. The number of sulfonamides is 1. The molecule has 1 heterocycles. The molecule has 1 N–H and O–H groups in total. The summed E-state index contributed by atoms with van der Waals surface area (Å²) in [4.78, 5) is 4.56. The summed E-state index contributed by atoms with van der Waals surface area (Å²) in [5.74, 6) is 0.864. The topological polar surface area (TPSA) is 68.3 Å². The van der Waals surface area contributed by atoms with Crippen LogP contribution in [0.5, 0.6) is 5.75 Å². The summed E-state index contributed by atoms with van der Waals surface area (Å²) in [6, 6.07) is 18.6. The van der Waals surface area contributed by atoms with Gasteiger partial charge in [-0.3, -0.25) is 4.72 Å². The number of hydrogen-bond donors (Lipinski definition) is 1. The molecule has 5 nitrogen and oxygen atoms in total. The van der Waals surface area contributed by atoms with E-state index in [9.17, 15) is 8.42 Å². The lowest BCUT2D eigenvalue weighted by molar-refractivity contribution is 0.302.